The molecular weight excluding hydrogens is 194 g/mol. The van der Waals surface area contributed by atoms with Gasteiger partial charge in [0.25, 0.3) is 5.69 Å². The molecule has 0 aliphatic heterocycles. The smallest absolute Gasteiger partial charge is 0.269 e. The summed E-state index contributed by atoms with van der Waals surface area (Å²) in [6.07, 6.45) is -0.667. The van der Waals surface area contributed by atoms with E-state index in [4.69, 9.17) is 0 Å². The minimum Gasteiger partial charge on any atom is -0.389 e. The summed E-state index contributed by atoms with van der Waals surface area (Å²) in [5.74, 6) is 0. The molecule has 0 aliphatic rings. The van der Waals surface area contributed by atoms with E-state index in [0.29, 0.717) is 5.56 Å². The van der Waals surface area contributed by atoms with Gasteiger partial charge in [0.15, 0.2) is 0 Å². The monoisotopic (exact) mass is 211 g/mol. The van der Waals surface area contributed by atoms with Gasteiger partial charge in [-0.05, 0) is 25.0 Å². The number of benzene rings is 1. The predicted molar refractivity (Wildman–Crippen MR) is 59.8 cm³/mol. The normalized spacial score (nSPS) is 11.3. The predicted octanol–water partition coefficient (Wildman–Crippen LogP) is 2.98. The Labute approximate surface area is 89.7 Å². The number of nitrogens with zero attached hydrogens (tertiary/aromatic N) is 1. The molecule has 84 valence electrons. The fourth-order valence-corrected chi connectivity index (χ4v) is 1.19. The lowest BCUT2D eigenvalue weighted by Crippen LogP contribution is -1.97. The van der Waals surface area contributed by atoms with E-state index in [2.05, 4.69) is 0 Å². The van der Waals surface area contributed by atoms with Crippen molar-refractivity contribution in [3.05, 3.63) is 39.4 Å². The Morgan fingerprint density at radius 1 is 1.40 bits per heavy atom. The van der Waals surface area contributed by atoms with Gasteiger partial charge in [-0.3, -0.25) is 10.1 Å². The molecule has 0 bridgehead atoms. The van der Waals surface area contributed by atoms with Crippen LogP contribution in [0.1, 0.15) is 38.0 Å². The summed E-state index contributed by atoms with van der Waals surface area (Å²) in [7, 11) is 0. The van der Waals surface area contributed by atoms with Crippen LogP contribution >= 0.6 is 0 Å². The first kappa shape index (κ1) is 13.6. The summed E-state index contributed by atoms with van der Waals surface area (Å²) in [5.41, 5.74) is 1.48. The standard InChI is InChI=1S/C9H11NO3.C2H6/c1-6-3-4-8(10(12)13)5-9(6)7(2)11;1-2/h3-5,7,11H,1-2H3;1-2H3. The maximum Gasteiger partial charge on any atom is 0.269 e. The van der Waals surface area contributed by atoms with Crippen LogP contribution in [0.4, 0.5) is 5.69 Å². The van der Waals surface area contributed by atoms with E-state index in [1.165, 1.54) is 12.1 Å². The highest BCUT2D eigenvalue weighted by Crippen LogP contribution is 2.22. The van der Waals surface area contributed by atoms with Crippen LogP contribution in [-0.2, 0) is 0 Å². The quantitative estimate of drug-likeness (QED) is 0.604. The van der Waals surface area contributed by atoms with E-state index in [1.54, 1.807) is 13.0 Å². The van der Waals surface area contributed by atoms with Gasteiger partial charge in [-0.15, -0.1) is 0 Å². The maximum absolute atomic E-state index is 10.4. The van der Waals surface area contributed by atoms with Gasteiger partial charge in [-0.25, -0.2) is 0 Å². The zero-order valence-corrected chi connectivity index (χ0v) is 9.52. The molecule has 0 radical (unpaired) electrons. The number of aryl methyl sites for hydroxylation is 1. The minimum atomic E-state index is -0.667. The molecule has 15 heavy (non-hydrogen) atoms. The minimum absolute atomic E-state index is 0.0153. The Morgan fingerprint density at radius 2 is 1.93 bits per heavy atom. The molecule has 0 aliphatic carbocycles. The molecule has 0 saturated heterocycles. The molecule has 1 rings (SSSR count). The second-order valence-electron chi connectivity index (χ2n) is 2.97. The molecule has 4 nitrogen and oxygen atoms in total. The first-order valence-electron chi connectivity index (χ1n) is 4.95. The van der Waals surface area contributed by atoms with Crippen molar-refractivity contribution in [2.24, 2.45) is 0 Å². The highest BCUT2D eigenvalue weighted by molar-refractivity contribution is 5.40. The van der Waals surface area contributed by atoms with Crippen molar-refractivity contribution in [1.29, 1.82) is 0 Å². The van der Waals surface area contributed by atoms with Crippen molar-refractivity contribution in [2.75, 3.05) is 0 Å². The number of hydrogen-bond acceptors (Lipinski definition) is 3. The van der Waals surface area contributed by atoms with Crippen LogP contribution in [0, 0.1) is 17.0 Å². The molecule has 0 saturated carbocycles. The Bertz CT molecular complexity index is 335. The topological polar surface area (TPSA) is 63.4 Å². The van der Waals surface area contributed by atoms with Crippen molar-refractivity contribution < 1.29 is 10.0 Å². The van der Waals surface area contributed by atoms with Gasteiger partial charge >= 0.3 is 0 Å². The summed E-state index contributed by atoms with van der Waals surface area (Å²) < 4.78 is 0. The zero-order chi connectivity index (χ0) is 12.0. The largest absolute Gasteiger partial charge is 0.389 e. The average molecular weight is 211 g/mol. The van der Waals surface area contributed by atoms with E-state index in [0.717, 1.165) is 5.56 Å². The lowest BCUT2D eigenvalue weighted by Gasteiger charge is -2.07. The molecule has 0 fully saturated rings. The molecule has 0 spiro atoms. The third-order valence-electron chi connectivity index (χ3n) is 1.92. The van der Waals surface area contributed by atoms with Gasteiger partial charge in [0.2, 0.25) is 0 Å². The molecule has 4 heteroatoms. The fraction of sp³-hybridized carbons (Fsp3) is 0.455. The van der Waals surface area contributed by atoms with Crippen molar-refractivity contribution in [2.45, 2.75) is 33.8 Å². The van der Waals surface area contributed by atoms with Crippen molar-refractivity contribution in [1.82, 2.24) is 0 Å². The van der Waals surface area contributed by atoms with E-state index in [-0.39, 0.29) is 5.69 Å². The Balaban J connectivity index is 0.000000921. The van der Waals surface area contributed by atoms with E-state index >= 15 is 0 Å². The molecule has 1 aromatic carbocycles. The van der Waals surface area contributed by atoms with Gasteiger partial charge < -0.3 is 5.11 Å². The van der Waals surface area contributed by atoms with Gasteiger partial charge in [0.05, 0.1) is 11.0 Å². The van der Waals surface area contributed by atoms with Crippen LogP contribution < -0.4 is 0 Å². The third-order valence-corrected chi connectivity index (χ3v) is 1.92. The number of hydrogen-bond donors (Lipinski definition) is 1. The SMILES string of the molecule is CC.Cc1ccc([N+](=O)[O-])cc1C(C)O. The Hall–Kier alpha value is -1.42. The number of aliphatic hydroxyl groups excluding tert-OH is 1. The van der Waals surface area contributed by atoms with Crippen LogP contribution in [-0.4, -0.2) is 10.0 Å². The fourth-order valence-electron chi connectivity index (χ4n) is 1.19. The van der Waals surface area contributed by atoms with E-state index < -0.39 is 11.0 Å². The van der Waals surface area contributed by atoms with Gasteiger partial charge in [-0.2, -0.15) is 0 Å². The summed E-state index contributed by atoms with van der Waals surface area (Å²) in [4.78, 5) is 9.94. The second-order valence-corrected chi connectivity index (χ2v) is 2.97. The third kappa shape index (κ3) is 3.67. The second kappa shape index (κ2) is 6.14. The molecule has 0 aromatic heterocycles. The van der Waals surface area contributed by atoms with Crippen LogP contribution in [0.5, 0.6) is 0 Å². The molecular formula is C11H17NO3. The zero-order valence-electron chi connectivity index (χ0n) is 9.52. The van der Waals surface area contributed by atoms with Crippen LogP contribution in [0.25, 0.3) is 0 Å². The lowest BCUT2D eigenvalue weighted by atomic mass is 10.0. The Morgan fingerprint density at radius 3 is 2.33 bits per heavy atom. The summed E-state index contributed by atoms with van der Waals surface area (Å²) in [6.45, 7) is 7.40. The van der Waals surface area contributed by atoms with Crippen molar-refractivity contribution in [3.8, 4) is 0 Å². The molecule has 0 amide bonds. The van der Waals surface area contributed by atoms with Gasteiger partial charge in [0, 0.05) is 12.1 Å². The van der Waals surface area contributed by atoms with Crippen molar-refractivity contribution >= 4 is 5.69 Å². The first-order valence-corrected chi connectivity index (χ1v) is 4.95. The molecule has 1 N–H and O–H groups in total. The van der Waals surface area contributed by atoms with E-state index in [9.17, 15) is 15.2 Å². The van der Waals surface area contributed by atoms with Crippen molar-refractivity contribution in [3.63, 3.8) is 0 Å². The maximum atomic E-state index is 10.4. The summed E-state index contributed by atoms with van der Waals surface area (Å²) >= 11 is 0. The van der Waals surface area contributed by atoms with Gasteiger partial charge in [0.1, 0.15) is 0 Å². The van der Waals surface area contributed by atoms with Crippen LogP contribution in [0.3, 0.4) is 0 Å². The molecule has 1 aromatic rings. The van der Waals surface area contributed by atoms with Crippen LogP contribution in [0.2, 0.25) is 0 Å². The van der Waals surface area contributed by atoms with E-state index in [1.807, 2.05) is 20.8 Å². The highest BCUT2D eigenvalue weighted by atomic mass is 16.6. The molecule has 1 atom stereocenters. The summed E-state index contributed by atoms with van der Waals surface area (Å²) in [6, 6.07) is 4.47. The number of nitro benzene ring substituents is 1. The lowest BCUT2D eigenvalue weighted by molar-refractivity contribution is -0.385. The molecule has 0 heterocycles. The Kier molecular flexibility index (Phi) is 5.56. The average Bonchev–Trinajstić information content (AvgIpc) is 2.20. The number of nitro groups is 1. The summed E-state index contributed by atoms with van der Waals surface area (Å²) in [5, 5.41) is 19.7. The number of aliphatic hydroxyl groups is 1. The number of rotatable bonds is 2. The molecule has 1 unspecified atom stereocenters. The highest BCUT2D eigenvalue weighted by Gasteiger charge is 2.11. The first-order chi connectivity index (χ1) is 7.02. The van der Waals surface area contributed by atoms with Crippen LogP contribution in [0.15, 0.2) is 18.2 Å². The number of non-ortho nitro benzene ring substituents is 1. The van der Waals surface area contributed by atoms with Gasteiger partial charge in [-0.1, -0.05) is 19.9 Å².